The number of ether oxygens (including phenoxy) is 1. The Morgan fingerprint density at radius 1 is 1.52 bits per heavy atom. The van der Waals surface area contributed by atoms with Crippen molar-refractivity contribution in [2.45, 2.75) is 39.5 Å². The molecule has 0 aliphatic carbocycles. The zero-order valence-corrected chi connectivity index (χ0v) is 12.3. The molecule has 0 amide bonds. The monoisotopic (exact) mass is 297 g/mol. The lowest BCUT2D eigenvalue weighted by Crippen LogP contribution is -2.34. The van der Waals surface area contributed by atoms with Crippen LogP contribution in [0.15, 0.2) is 15.8 Å². The Balaban J connectivity index is 2.07. The van der Waals surface area contributed by atoms with Crippen LogP contribution in [0.25, 0.3) is 0 Å². The van der Waals surface area contributed by atoms with Crippen LogP contribution in [0.3, 0.4) is 0 Å². The maximum Gasteiger partial charge on any atom is 0.330 e. The largest absolute Gasteiger partial charge is 0.464 e. The second kappa shape index (κ2) is 6.23. The molecule has 1 aliphatic heterocycles. The van der Waals surface area contributed by atoms with Crippen molar-refractivity contribution in [3.63, 3.8) is 0 Å². The van der Waals surface area contributed by atoms with Gasteiger partial charge in [-0.25, -0.2) is 4.79 Å². The van der Waals surface area contributed by atoms with Crippen LogP contribution >= 0.6 is 0 Å². The second-order valence-corrected chi connectivity index (χ2v) is 5.10. The Bertz CT molecular complexity index is 635. The van der Waals surface area contributed by atoms with Crippen molar-refractivity contribution in [3.8, 4) is 0 Å². The van der Waals surface area contributed by atoms with Gasteiger partial charge in [0.1, 0.15) is 6.61 Å². The topological polar surface area (TPSA) is 93.6 Å². The number of hydrogen-bond donors (Lipinski definition) is 1. The van der Waals surface area contributed by atoms with Crippen LogP contribution < -0.4 is 11.2 Å². The average Bonchev–Trinajstić information content (AvgIpc) is 2.75. The number of esters is 1. The fourth-order valence-corrected chi connectivity index (χ4v) is 2.23. The summed E-state index contributed by atoms with van der Waals surface area (Å²) in [7, 11) is 0. The zero-order valence-electron chi connectivity index (χ0n) is 12.3. The van der Waals surface area contributed by atoms with Crippen LogP contribution in [0.1, 0.15) is 32.1 Å². The lowest BCUT2D eigenvalue weighted by molar-refractivity contribution is -0.189. The number of rotatable bonds is 4. The van der Waals surface area contributed by atoms with E-state index in [1.165, 1.54) is 17.7 Å². The van der Waals surface area contributed by atoms with Gasteiger partial charge in [-0.3, -0.25) is 24.0 Å². The number of nitrogens with zero attached hydrogens (tertiary/aromatic N) is 2. The molecule has 116 valence electrons. The Hall–Kier alpha value is -1.93. The molecule has 0 radical (unpaired) electrons. The van der Waals surface area contributed by atoms with Crippen molar-refractivity contribution in [2.75, 3.05) is 13.2 Å². The van der Waals surface area contributed by atoms with Crippen molar-refractivity contribution in [1.82, 2.24) is 14.6 Å². The second-order valence-electron chi connectivity index (χ2n) is 5.10. The first kappa shape index (κ1) is 15.5. The molecule has 21 heavy (non-hydrogen) atoms. The Morgan fingerprint density at radius 2 is 2.24 bits per heavy atom. The van der Waals surface area contributed by atoms with Crippen molar-refractivity contribution in [1.29, 1.82) is 0 Å². The summed E-state index contributed by atoms with van der Waals surface area (Å²) in [5.74, 6) is -0.342. The molecule has 8 heteroatoms. The molecule has 0 unspecified atom stereocenters. The van der Waals surface area contributed by atoms with Gasteiger partial charge in [-0.15, -0.1) is 0 Å². The van der Waals surface area contributed by atoms with E-state index >= 15 is 0 Å². The van der Waals surface area contributed by atoms with Gasteiger partial charge in [-0.2, -0.15) is 5.06 Å². The zero-order chi connectivity index (χ0) is 15.6. The molecule has 2 rings (SSSR count). The van der Waals surface area contributed by atoms with Gasteiger partial charge in [0.05, 0.1) is 6.54 Å². The Labute approximate surface area is 121 Å². The fraction of sp³-hybridized carbons (Fsp3) is 0.615. The molecule has 1 aliphatic rings. The quantitative estimate of drug-likeness (QED) is 0.782. The molecule has 0 bridgehead atoms. The highest BCUT2D eigenvalue weighted by Gasteiger charge is 2.32. The molecular formula is C13H19N3O5. The molecule has 1 N–H and O–H groups in total. The van der Waals surface area contributed by atoms with E-state index in [0.29, 0.717) is 18.5 Å². The first-order chi connectivity index (χ1) is 9.88. The van der Waals surface area contributed by atoms with E-state index in [9.17, 15) is 14.4 Å². The van der Waals surface area contributed by atoms with Gasteiger partial charge in [0, 0.05) is 31.1 Å². The summed E-state index contributed by atoms with van der Waals surface area (Å²) >= 11 is 0. The van der Waals surface area contributed by atoms with E-state index in [-0.39, 0.29) is 18.6 Å². The third-order valence-corrected chi connectivity index (χ3v) is 3.36. The number of H-pyrrole nitrogens is 1. The predicted octanol–water partition coefficient (Wildman–Crippen LogP) is -0.0675. The number of aromatic amines is 1. The summed E-state index contributed by atoms with van der Waals surface area (Å²) in [6.45, 7) is 5.59. The fourth-order valence-electron chi connectivity index (χ4n) is 2.23. The first-order valence-electron chi connectivity index (χ1n) is 6.77. The number of aryl methyl sites for hydroxylation is 1. The first-order valence-corrected chi connectivity index (χ1v) is 6.77. The SMILES string of the molecule is CC(=O)OCCN1O[C@@H](n2cc(C)c(=O)[nH]c2=O)C[C@H]1C. The Morgan fingerprint density at radius 3 is 2.90 bits per heavy atom. The van der Waals surface area contributed by atoms with Crippen LogP contribution in [0.2, 0.25) is 0 Å². The number of hydrogen-bond acceptors (Lipinski definition) is 6. The molecule has 0 saturated carbocycles. The highest BCUT2D eigenvalue weighted by atomic mass is 16.7. The third kappa shape index (κ3) is 3.59. The van der Waals surface area contributed by atoms with Crippen LogP contribution in [-0.4, -0.2) is 39.8 Å². The van der Waals surface area contributed by atoms with E-state index in [2.05, 4.69) is 4.98 Å². The van der Waals surface area contributed by atoms with Gasteiger partial charge in [0.25, 0.3) is 5.56 Å². The number of carbonyl (C=O) groups excluding carboxylic acids is 1. The van der Waals surface area contributed by atoms with E-state index in [1.54, 1.807) is 12.0 Å². The molecule has 0 aromatic carbocycles. The van der Waals surface area contributed by atoms with E-state index < -0.39 is 17.5 Å². The summed E-state index contributed by atoms with van der Waals surface area (Å²) in [6, 6.07) is 0.0738. The van der Waals surface area contributed by atoms with Gasteiger partial charge in [-0.05, 0) is 13.8 Å². The minimum atomic E-state index is -0.496. The van der Waals surface area contributed by atoms with Crippen molar-refractivity contribution < 1.29 is 14.4 Å². The summed E-state index contributed by atoms with van der Waals surface area (Å²) in [5, 5.41) is 1.68. The molecule has 2 atom stereocenters. The minimum Gasteiger partial charge on any atom is -0.464 e. The molecular weight excluding hydrogens is 278 g/mol. The smallest absolute Gasteiger partial charge is 0.330 e. The normalized spacial score (nSPS) is 22.4. The van der Waals surface area contributed by atoms with Gasteiger partial charge in [0.15, 0.2) is 6.23 Å². The summed E-state index contributed by atoms with van der Waals surface area (Å²) in [5.41, 5.74) is -0.442. The molecule has 1 saturated heterocycles. The van der Waals surface area contributed by atoms with E-state index in [0.717, 1.165) is 0 Å². The Kier molecular flexibility index (Phi) is 4.59. The minimum absolute atomic E-state index is 0.0738. The molecule has 8 nitrogen and oxygen atoms in total. The van der Waals surface area contributed by atoms with Gasteiger partial charge >= 0.3 is 11.7 Å². The number of carbonyl (C=O) groups is 1. The van der Waals surface area contributed by atoms with E-state index in [1.807, 2.05) is 6.92 Å². The number of hydroxylamine groups is 2. The standard InChI is InChI=1S/C13H19N3O5/c1-8-7-15(13(19)14-12(8)18)11-6-9(2)16(21-11)4-5-20-10(3)17/h7,9,11H,4-6H2,1-3H3,(H,14,18,19)/t9-,11-/m1/s1. The molecule has 1 aromatic rings. The van der Waals surface area contributed by atoms with Gasteiger partial charge < -0.3 is 4.74 Å². The lowest BCUT2D eigenvalue weighted by atomic mass is 10.2. The maximum atomic E-state index is 11.8. The van der Waals surface area contributed by atoms with E-state index in [4.69, 9.17) is 9.57 Å². The average molecular weight is 297 g/mol. The molecule has 1 aromatic heterocycles. The summed E-state index contributed by atoms with van der Waals surface area (Å²) in [6.07, 6.45) is 1.62. The maximum absolute atomic E-state index is 11.8. The van der Waals surface area contributed by atoms with Gasteiger partial charge in [-0.1, -0.05) is 0 Å². The molecule has 0 spiro atoms. The van der Waals surface area contributed by atoms with Gasteiger partial charge in [0.2, 0.25) is 0 Å². The van der Waals surface area contributed by atoms with Crippen LogP contribution in [0.5, 0.6) is 0 Å². The lowest BCUT2D eigenvalue weighted by Gasteiger charge is -2.19. The molecule has 1 fully saturated rings. The van der Waals surface area contributed by atoms with Crippen LogP contribution in [-0.2, 0) is 14.4 Å². The van der Waals surface area contributed by atoms with Crippen molar-refractivity contribution >= 4 is 5.97 Å². The van der Waals surface area contributed by atoms with Crippen molar-refractivity contribution in [2.24, 2.45) is 0 Å². The van der Waals surface area contributed by atoms with Crippen LogP contribution in [0.4, 0.5) is 0 Å². The number of aromatic nitrogens is 2. The third-order valence-electron chi connectivity index (χ3n) is 3.36. The summed E-state index contributed by atoms with van der Waals surface area (Å²) < 4.78 is 6.25. The number of nitrogens with one attached hydrogen (secondary N) is 1. The summed E-state index contributed by atoms with van der Waals surface area (Å²) in [4.78, 5) is 41.9. The van der Waals surface area contributed by atoms with Crippen LogP contribution in [0, 0.1) is 6.92 Å². The van der Waals surface area contributed by atoms with Crippen molar-refractivity contribution in [3.05, 3.63) is 32.6 Å². The molecule has 2 heterocycles. The highest BCUT2D eigenvalue weighted by molar-refractivity contribution is 5.65. The predicted molar refractivity (Wildman–Crippen MR) is 73.6 cm³/mol. The highest BCUT2D eigenvalue weighted by Crippen LogP contribution is 2.27.